The lowest BCUT2D eigenvalue weighted by Crippen LogP contribution is -2.37. The van der Waals surface area contributed by atoms with Crippen molar-refractivity contribution in [2.45, 2.75) is 170 Å². The fourth-order valence-electron chi connectivity index (χ4n) is 5.58. The van der Waals surface area contributed by atoms with Crippen LogP contribution in [0.4, 0.5) is 0 Å². The summed E-state index contributed by atoms with van der Waals surface area (Å²) < 4.78 is 32.0. The summed E-state index contributed by atoms with van der Waals surface area (Å²) in [5, 5.41) is 0. The summed E-state index contributed by atoms with van der Waals surface area (Å²) in [6, 6.07) is 0. The van der Waals surface area contributed by atoms with Gasteiger partial charge < -0.3 is 23.7 Å². The molecule has 4 atom stereocenters. The van der Waals surface area contributed by atoms with Crippen molar-refractivity contribution in [2.24, 2.45) is 23.7 Å². The molecule has 0 spiro atoms. The molecule has 0 heterocycles. The van der Waals surface area contributed by atoms with Crippen LogP contribution in [0, 0.1) is 23.7 Å². The SMILES string of the molecule is CCCCC(CC)COCC(COCC(CC)CCCC)OC(COCC(CC)CCCC)COCC(CC)CCCC. The molecule has 5 heteroatoms. The monoisotopic (exact) mass is 615 g/mol. The first kappa shape index (κ1) is 42.8. The normalized spacial score (nSPS) is 16.2. The lowest BCUT2D eigenvalue weighted by atomic mass is 10.0. The fraction of sp³-hybridized carbons (Fsp3) is 1.00. The van der Waals surface area contributed by atoms with Gasteiger partial charge in [0.2, 0.25) is 0 Å². The van der Waals surface area contributed by atoms with Crippen LogP contribution in [0.5, 0.6) is 0 Å². The summed E-state index contributed by atoms with van der Waals surface area (Å²) in [5.74, 6) is 2.47. The van der Waals surface area contributed by atoms with E-state index >= 15 is 0 Å². The van der Waals surface area contributed by atoms with Crippen molar-refractivity contribution in [3.05, 3.63) is 0 Å². The van der Waals surface area contributed by atoms with Crippen LogP contribution >= 0.6 is 0 Å². The van der Waals surface area contributed by atoms with Gasteiger partial charge in [0, 0.05) is 26.4 Å². The third kappa shape index (κ3) is 24.7. The third-order valence-corrected chi connectivity index (χ3v) is 9.19. The zero-order valence-corrected chi connectivity index (χ0v) is 30.5. The van der Waals surface area contributed by atoms with E-state index in [0.717, 1.165) is 52.1 Å². The molecule has 0 aliphatic carbocycles. The molecule has 260 valence electrons. The van der Waals surface area contributed by atoms with Crippen LogP contribution in [-0.2, 0) is 23.7 Å². The molecular weight excluding hydrogens is 536 g/mol. The van der Waals surface area contributed by atoms with Gasteiger partial charge in [-0.2, -0.15) is 0 Å². The minimum absolute atomic E-state index is 0.117. The number of rotatable bonds is 34. The molecule has 0 fully saturated rings. The summed E-state index contributed by atoms with van der Waals surface area (Å²) in [4.78, 5) is 0. The van der Waals surface area contributed by atoms with Crippen molar-refractivity contribution in [1.29, 1.82) is 0 Å². The highest BCUT2D eigenvalue weighted by Gasteiger charge is 2.21. The number of unbranched alkanes of at least 4 members (excludes halogenated alkanes) is 4. The fourth-order valence-corrected chi connectivity index (χ4v) is 5.58. The Morgan fingerprint density at radius 3 is 0.744 bits per heavy atom. The molecule has 0 aliphatic heterocycles. The zero-order chi connectivity index (χ0) is 32.0. The van der Waals surface area contributed by atoms with Crippen LogP contribution in [0.1, 0.15) is 158 Å². The van der Waals surface area contributed by atoms with Gasteiger partial charge in [0.15, 0.2) is 0 Å². The Morgan fingerprint density at radius 1 is 0.326 bits per heavy atom. The average Bonchev–Trinajstić information content (AvgIpc) is 3.03. The first-order valence-electron chi connectivity index (χ1n) is 19.0. The van der Waals surface area contributed by atoms with Gasteiger partial charge in [-0.1, -0.05) is 132 Å². The van der Waals surface area contributed by atoms with Crippen LogP contribution in [0.3, 0.4) is 0 Å². The molecule has 0 aromatic rings. The predicted molar refractivity (Wildman–Crippen MR) is 185 cm³/mol. The van der Waals surface area contributed by atoms with Crippen LogP contribution in [-0.4, -0.2) is 65.1 Å². The summed E-state index contributed by atoms with van der Waals surface area (Å²) in [5.41, 5.74) is 0. The molecule has 0 aliphatic rings. The molecule has 0 radical (unpaired) electrons. The lowest BCUT2D eigenvalue weighted by molar-refractivity contribution is -0.137. The van der Waals surface area contributed by atoms with Gasteiger partial charge in [-0.3, -0.25) is 0 Å². The van der Waals surface area contributed by atoms with Crippen LogP contribution in [0.2, 0.25) is 0 Å². The summed E-state index contributed by atoms with van der Waals surface area (Å²) in [6.45, 7) is 23.6. The minimum Gasteiger partial charge on any atom is -0.378 e. The van der Waals surface area contributed by atoms with Gasteiger partial charge in [0.25, 0.3) is 0 Å². The molecule has 43 heavy (non-hydrogen) atoms. The van der Waals surface area contributed by atoms with Crippen LogP contribution < -0.4 is 0 Å². The quantitative estimate of drug-likeness (QED) is 0.0721. The largest absolute Gasteiger partial charge is 0.378 e. The number of hydrogen-bond donors (Lipinski definition) is 0. The minimum atomic E-state index is -0.117. The Kier molecular flexibility index (Phi) is 31.6. The van der Waals surface area contributed by atoms with Crippen molar-refractivity contribution in [1.82, 2.24) is 0 Å². The molecule has 0 rings (SSSR count). The second-order valence-corrected chi connectivity index (χ2v) is 13.2. The molecule has 0 N–H and O–H groups in total. The molecular formula is C38H78O5. The van der Waals surface area contributed by atoms with Gasteiger partial charge in [-0.05, 0) is 49.4 Å². The van der Waals surface area contributed by atoms with E-state index in [-0.39, 0.29) is 12.2 Å². The Labute approximate surface area is 270 Å². The van der Waals surface area contributed by atoms with E-state index in [9.17, 15) is 0 Å². The van der Waals surface area contributed by atoms with E-state index < -0.39 is 0 Å². The molecule has 0 bridgehead atoms. The van der Waals surface area contributed by atoms with Gasteiger partial charge in [0.1, 0.15) is 12.2 Å². The van der Waals surface area contributed by atoms with Crippen molar-refractivity contribution >= 4 is 0 Å². The topological polar surface area (TPSA) is 46.2 Å². The van der Waals surface area contributed by atoms with Gasteiger partial charge >= 0.3 is 0 Å². The molecule has 0 saturated carbocycles. The first-order valence-corrected chi connectivity index (χ1v) is 19.0. The van der Waals surface area contributed by atoms with E-state index in [1.807, 2.05) is 0 Å². The summed E-state index contributed by atoms with van der Waals surface area (Å²) in [7, 11) is 0. The molecule has 4 unspecified atom stereocenters. The Morgan fingerprint density at radius 2 is 0.558 bits per heavy atom. The Hall–Kier alpha value is -0.200. The molecule has 0 aromatic carbocycles. The maximum absolute atomic E-state index is 6.74. The molecule has 5 nitrogen and oxygen atoms in total. The van der Waals surface area contributed by atoms with Crippen molar-refractivity contribution in [3.63, 3.8) is 0 Å². The lowest BCUT2D eigenvalue weighted by Gasteiger charge is -2.27. The van der Waals surface area contributed by atoms with Crippen LogP contribution in [0.25, 0.3) is 0 Å². The van der Waals surface area contributed by atoms with Crippen LogP contribution in [0.15, 0.2) is 0 Å². The maximum atomic E-state index is 6.74. The standard InChI is InChI=1S/C38H78O5/c1-9-17-21-33(13-5)25-39-29-37(30-40-26-34(14-6)22-18-10-2)43-38(31-41-27-35(15-7)23-19-11-3)32-42-28-36(16-8)24-20-12-4/h33-38H,9-32H2,1-8H3. The number of ether oxygens (including phenoxy) is 5. The average molecular weight is 615 g/mol. The maximum Gasteiger partial charge on any atom is 0.105 e. The Balaban J connectivity index is 5.35. The molecule has 0 aromatic heterocycles. The van der Waals surface area contributed by atoms with E-state index in [1.165, 1.54) is 77.0 Å². The second-order valence-electron chi connectivity index (χ2n) is 13.2. The first-order chi connectivity index (χ1) is 21.0. The predicted octanol–water partition coefficient (Wildman–Crippen LogP) is 10.7. The highest BCUT2D eigenvalue weighted by Crippen LogP contribution is 2.18. The Bertz CT molecular complexity index is 454. The van der Waals surface area contributed by atoms with E-state index in [1.54, 1.807) is 0 Å². The van der Waals surface area contributed by atoms with Gasteiger partial charge in [-0.25, -0.2) is 0 Å². The summed E-state index contributed by atoms with van der Waals surface area (Å²) >= 11 is 0. The van der Waals surface area contributed by atoms with Crippen molar-refractivity contribution < 1.29 is 23.7 Å². The van der Waals surface area contributed by atoms with Crippen molar-refractivity contribution in [2.75, 3.05) is 52.9 Å². The summed E-state index contributed by atoms with van der Waals surface area (Å²) in [6.07, 6.45) is 19.4. The van der Waals surface area contributed by atoms with E-state index in [2.05, 4.69) is 55.4 Å². The van der Waals surface area contributed by atoms with Gasteiger partial charge in [0.05, 0.1) is 26.4 Å². The number of hydrogen-bond acceptors (Lipinski definition) is 5. The highest BCUT2D eigenvalue weighted by atomic mass is 16.6. The molecule has 0 amide bonds. The van der Waals surface area contributed by atoms with E-state index in [0.29, 0.717) is 50.1 Å². The van der Waals surface area contributed by atoms with Crippen molar-refractivity contribution in [3.8, 4) is 0 Å². The smallest absolute Gasteiger partial charge is 0.105 e. The second kappa shape index (κ2) is 31.8. The third-order valence-electron chi connectivity index (χ3n) is 9.19. The molecule has 0 saturated heterocycles. The van der Waals surface area contributed by atoms with Gasteiger partial charge in [-0.15, -0.1) is 0 Å². The zero-order valence-electron chi connectivity index (χ0n) is 30.5. The van der Waals surface area contributed by atoms with E-state index in [4.69, 9.17) is 23.7 Å². The highest BCUT2D eigenvalue weighted by molar-refractivity contribution is 4.67.